The number of carboxylic acid groups (broad SMARTS) is 1. The number of benzene rings is 1. The molecule has 1 aromatic carbocycles. The first kappa shape index (κ1) is 20.4. The predicted octanol–water partition coefficient (Wildman–Crippen LogP) is 5.25. The summed E-state index contributed by atoms with van der Waals surface area (Å²) < 4.78 is 11.3. The summed E-state index contributed by atoms with van der Waals surface area (Å²) in [7, 11) is 0. The monoisotopic (exact) mass is 434 g/mol. The van der Waals surface area contributed by atoms with Gasteiger partial charge in [0.2, 0.25) is 5.88 Å². The third-order valence-electron chi connectivity index (χ3n) is 4.63. The highest BCUT2D eigenvalue weighted by atomic mass is 32.1. The predicted molar refractivity (Wildman–Crippen MR) is 118 cm³/mol. The SMILES string of the molecule is C=NCc1c(-c2ccoc2)cc(-c2cccs2)nc1OCc1ccc(C(=O)O)c(O)c1. The summed E-state index contributed by atoms with van der Waals surface area (Å²) in [6.07, 6.45) is 3.24. The van der Waals surface area contributed by atoms with Gasteiger partial charge in [0, 0.05) is 11.1 Å². The van der Waals surface area contributed by atoms with Gasteiger partial charge >= 0.3 is 5.97 Å². The molecule has 8 heteroatoms. The standard InChI is InChI=1S/C23H18N2O5S/c1-24-11-18-17(15-6-7-29-13-15)10-19(21-3-2-8-31-21)25-22(18)30-12-14-4-5-16(23(27)28)20(26)9-14/h2-10,13,26H,1,11-12H2,(H,27,28). The molecule has 0 bridgehead atoms. The van der Waals surface area contributed by atoms with Crippen LogP contribution in [0, 0.1) is 0 Å². The van der Waals surface area contributed by atoms with Gasteiger partial charge in [0.05, 0.1) is 29.6 Å². The Labute approximate surface area is 181 Å². The Bertz CT molecular complexity index is 1220. The van der Waals surface area contributed by atoms with Gasteiger partial charge in [-0.15, -0.1) is 11.3 Å². The summed E-state index contributed by atoms with van der Waals surface area (Å²) in [6.45, 7) is 3.98. The normalized spacial score (nSPS) is 10.7. The van der Waals surface area contributed by atoms with Crippen LogP contribution in [0.15, 0.2) is 69.8 Å². The Morgan fingerprint density at radius 2 is 2.13 bits per heavy atom. The van der Waals surface area contributed by atoms with Crippen LogP contribution < -0.4 is 4.74 Å². The van der Waals surface area contributed by atoms with E-state index < -0.39 is 5.97 Å². The van der Waals surface area contributed by atoms with Crippen molar-refractivity contribution in [3.05, 3.63) is 77.1 Å². The fourth-order valence-electron chi connectivity index (χ4n) is 3.16. The molecule has 0 aliphatic carbocycles. The number of rotatable bonds is 8. The number of aromatic hydroxyl groups is 1. The highest BCUT2D eigenvalue weighted by Crippen LogP contribution is 2.36. The molecule has 0 saturated heterocycles. The van der Waals surface area contributed by atoms with Crippen LogP contribution in [0.5, 0.6) is 11.6 Å². The average Bonchev–Trinajstić information content (AvgIpc) is 3.47. The van der Waals surface area contributed by atoms with Gasteiger partial charge in [0.25, 0.3) is 0 Å². The second-order valence-corrected chi connectivity index (χ2v) is 7.60. The molecular formula is C23H18N2O5S. The van der Waals surface area contributed by atoms with Crippen molar-refractivity contribution in [2.45, 2.75) is 13.2 Å². The number of carboxylic acids is 1. The van der Waals surface area contributed by atoms with E-state index in [2.05, 4.69) is 11.7 Å². The number of hydrogen-bond acceptors (Lipinski definition) is 7. The Kier molecular flexibility index (Phi) is 5.81. The minimum Gasteiger partial charge on any atom is -0.507 e. The van der Waals surface area contributed by atoms with Crippen LogP contribution in [0.1, 0.15) is 21.5 Å². The molecule has 3 aromatic heterocycles. The molecule has 4 rings (SSSR count). The van der Waals surface area contributed by atoms with Crippen LogP contribution in [-0.4, -0.2) is 27.9 Å². The Balaban J connectivity index is 1.74. The van der Waals surface area contributed by atoms with Crippen molar-refractivity contribution in [1.29, 1.82) is 0 Å². The largest absolute Gasteiger partial charge is 0.507 e. The number of ether oxygens (including phenoxy) is 1. The van der Waals surface area contributed by atoms with E-state index in [1.165, 1.54) is 12.1 Å². The van der Waals surface area contributed by atoms with E-state index in [0.29, 0.717) is 11.4 Å². The zero-order chi connectivity index (χ0) is 21.8. The minimum absolute atomic E-state index is 0.0866. The Morgan fingerprint density at radius 1 is 1.26 bits per heavy atom. The van der Waals surface area contributed by atoms with Crippen molar-refractivity contribution in [2.24, 2.45) is 4.99 Å². The topological polar surface area (TPSA) is 105 Å². The van der Waals surface area contributed by atoms with Crippen LogP contribution in [0.2, 0.25) is 0 Å². The number of hydrogen-bond donors (Lipinski definition) is 2. The number of aliphatic imine (C=N–C) groups is 1. The zero-order valence-electron chi connectivity index (χ0n) is 16.3. The van der Waals surface area contributed by atoms with E-state index in [-0.39, 0.29) is 24.5 Å². The molecule has 7 nitrogen and oxygen atoms in total. The number of aromatic carboxylic acids is 1. The molecule has 156 valence electrons. The van der Waals surface area contributed by atoms with Gasteiger partial charge in [0.1, 0.15) is 17.9 Å². The van der Waals surface area contributed by atoms with Gasteiger partial charge < -0.3 is 19.4 Å². The summed E-state index contributed by atoms with van der Waals surface area (Å²) >= 11 is 1.56. The van der Waals surface area contributed by atoms with Gasteiger partial charge in [-0.05, 0) is 53.6 Å². The number of aromatic nitrogens is 1. The quantitative estimate of drug-likeness (QED) is 0.367. The van der Waals surface area contributed by atoms with Crippen molar-refractivity contribution in [2.75, 3.05) is 0 Å². The van der Waals surface area contributed by atoms with Gasteiger partial charge in [-0.1, -0.05) is 12.1 Å². The van der Waals surface area contributed by atoms with Gasteiger partial charge in [0.15, 0.2) is 0 Å². The first-order valence-electron chi connectivity index (χ1n) is 9.27. The molecule has 0 radical (unpaired) electrons. The molecule has 0 atom stereocenters. The number of thiophene rings is 1. The van der Waals surface area contributed by atoms with Crippen LogP contribution in [0.4, 0.5) is 0 Å². The zero-order valence-corrected chi connectivity index (χ0v) is 17.1. The van der Waals surface area contributed by atoms with Crippen molar-refractivity contribution in [3.8, 4) is 33.3 Å². The van der Waals surface area contributed by atoms with Gasteiger partial charge in [-0.3, -0.25) is 4.99 Å². The molecular weight excluding hydrogens is 416 g/mol. The number of carbonyl (C=O) groups is 1. The third kappa shape index (κ3) is 4.34. The van der Waals surface area contributed by atoms with Crippen LogP contribution >= 0.6 is 11.3 Å². The fourth-order valence-corrected chi connectivity index (χ4v) is 3.84. The summed E-state index contributed by atoms with van der Waals surface area (Å²) in [5.74, 6) is -1.13. The second kappa shape index (κ2) is 8.85. The number of nitrogens with zero attached hydrogens (tertiary/aromatic N) is 2. The van der Waals surface area contributed by atoms with E-state index in [4.69, 9.17) is 19.2 Å². The third-order valence-corrected chi connectivity index (χ3v) is 5.52. The van der Waals surface area contributed by atoms with Crippen LogP contribution in [-0.2, 0) is 13.2 Å². The molecule has 0 amide bonds. The molecule has 3 heterocycles. The molecule has 0 aliphatic heterocycles. The van der Waals surface area contributed by atoms with E-state index in [0.717, 1.165) is 27.3 Å². The van der Waals surface area contributed by atoms with Gasteiger partial charge in [-0.2, -0.15) is 0 Å². The summed E-state index contributed by atoms with van der Waals surface area (Å²) in [5, 5.41) is 21.0. The summed E-state index contributed by atoms with van der Waals surface area (Å²) in [4.78, 5) is 20.8. The molecule has 0 fully saturated rings. The molecule has 0 unspecified atom stereocenters. The Hall–Kier alpha value is -3.91. The minimum atomic E-state index is -1.20. The first-order valence-corrected chi connectivity index (χ1v) is 10.2. The first-order chi connectivity index (χ1) is 15.1. The molecule has 31 heavy (non-hydrogen) atoms. The highest BCUT2D eigenvalue weighted by Gasteiger charge is 2.18. The average molecular weight is 434 g/mol. The van der Waals surface area contributed by atoms with E-state index in [1.54, 1.807) is 29.9 Å². The summed E-state index contributed by atoms with van der Waals surface area (Å²) in [5.41, 5.74) is 3.68. The van der Waals surface area contributed by atoms with Crippen molar-refractivity contribution in [1.82, 2.24) is 4.98 Å². The molecule has 2 N–H and O–H groups in total. The van der Waals surface area contributed by atoms with E-state index in [9.17, 15) is 9.90 Å². The van der Waals surface area contributed by atoms with Crippen LogP contribution in [0.25, 0.3) is 21.7 Å². The molecule has 0 spiro atoms. The lowest BCUT2D eigenvalue weighted by molar-refractivity contribution is 0.0693. The number of furan rings is 1. The van der Waals surface area contributed by atoms with Crippen molar-refractivity contribution >= 4 is 24.0 Å². The number of pyridine rings is 1. The smallest absolute Gasteiger partial charge is 0.339 e. The summed E-state index contributed by atoms with van der Waals surface area (Å²) in [6, 6.07) is 12.1. The highest BCUT2D eigenvalue weighted by molar-refractivity contribution is 7.13. The maximum atomic E-state index is 11.1. The van der Waals surface area contributed by atoms with Crippen molar-refractivity contribution in [3.63, 3.8) is 0 Å². The second-order valence-electron chi connectivity index (χ2n) is 6.66. The maximum Gasteiger partial charge on any atom is 0.339 e. The lowest BCUT2D eigenvalue weighted by Gasteiger charge is -2.15. The van der Waals surface area contributed by atoms with E-state index in [1.807, 2.05) is 29.6 Å². The Morgan fingerprint density at radius 3 is 2.77 bits per heavy atom. The molecule has 0 aliphatic rings. The molecule has 4 aromatic rings. The van der Waals surface area contributed by atoms with Gasteiger partial charge in [-0.25, -0.2) is 9.78 Å². The van der Waals surface area contributed by atoms with Crippen LogP contribution in [0.3, 0.4) is 0 Å². The lowest BCUT2D eigenvalue weighted by atomic mass is 10.0. The lowest BCUT2D eigenvalue weighted by Crippen LogP contribution is -2.04. The van der Waals surface area contributed by atoms with Crippen molar-refractivity contribution < 1.29 is 24.2 Å². The molecule has 0 saturated carbocycles. The number of phenols is 1. The van der Waals surface area contributed by atoms with E-state index >= 15 is 0 Å². The fraction of sp³-hybridized carbons (Fsp3) is 0.0870. The maximum absolute atomic E-state index is 11.1.